The van der Waals surface area contributed by atoms with Gasteiger partial charge >= 0.3 is 6.03 Å². The molecular formula is C16H22BrN3O2. The van der Waals surface area contributed by atoms with Crippen molar-refractivity contribution in [2.45, 2.75) is 13.8 Å². The Labute approximate surface area is 140 Å². The van der Waals surface area contributed by atoms with Gasteiger partial charge in [0.25, 0.3) is 5.91 Å². The first kappa shape index (κ1) is 16.8. The monoisotopic (exact) mass is 367 g/mol. The first-order valence-electron chi connectivity index (χ1n) is 7.65. The molecule has 6 heteroatoms. The van der Waals surface area contributed by atoms with E-state index in [1.54, 1.807) is 0 Å². The van der Waals surface area contributed by atoms with Crippen molar-refractivity contribution in [3.05, 3.63) is 34.3 Å². The van der Waals surface area contributed by atoms with Crippen molar-refractivity contribution in [1.29, 1.82) is 0 Å². The maximum Gasteiger partial charge on any atom is 0.320 e. The second kappa shape index (κ2) is 7.63. The first-order valence-corrected chi connectivity index (χ1v) is 8.44. The Morgan fingerprint density at radius 2 is 1.68 bits per heavy atom. The summed E-state index contributed by atoms with van der Waals surface area (Å²) >= 11 is 3.39. The molecule has 0 radical (unpaired) electrons. The molecule has 120 valence electrons. The van der Waals surface area contributed by atoms with Crippen LogP contribution in [-0.4, -0.2) is 65.9 Å². The van der Waals surface area contributed by atoms with Crippen LogP contribution >= 0.6 is 15.9 Å². The third kappa shape index (κ3) is 3.80. The lowest BCUT2D eigenvalue weighted by atomic mass is 10.2. The van der Waals surface area contributed by atoms with Gasteiger partial charge in [-0.05, 0) is 32.0 Å². The van der Waals surface area contributed by atoms with Gasteiger partial charge in [-0.3, -0.25) is 4.79 Å². The van der Waals surface area contributed by atoms with Crippen LogP contribution < -0.4 is 0 Å². The molecule has 1 aromatic rings. The summed E-state index contributed by atoms with van der Waals surface area (Å²) in [6.07, 6.45) is 0. The highest BCUT2D eigenvalue weighted by atomic mass is 79.9. The molecular weight excluding hydrogens is 346 g/mol. The van der Waals surface area contributed by atoms with Crippen LogP contribution in [0.25, 0.3) is 0 Å². The van der Waals surface area contributed by atoms with Crippen LogP contribution in [0.5, 0.6) is 0 Å². The molecule has 1 saturated heterocycles. The largest absolute Gasteiger partial charge is 0.335 e. The van der Waals surface area contributed by atoms with Gasteiger partial charge in [-0.25, -0.2) is 4.79 Å². The highest BCUT2D eigenvalue weighted by Crippen LogP contribution is 2.15. The predicted molar refractivity (Wildman–Crippen MR) is 89.9 cm³/mol. The Morgan fingerprint density at radius 3 is 2.23 bits per heavy atom. The number of halogens is 1. The standard InChI is InChI=1S/C16H22BrN3O2/c1-3-18(4-2)16(22)20-10-8-19(9-11-20)15(21)13-6-5-7-14(17)12-13/h5-7,12H,3-4,8-11H2,1-2H3. The number of hydrogen-bond acceptors (Lipinski definition) is 2. The van der Waals surface area contributed by atoms with Gasteiger partial charge in [0.15, 0.2) is 0 Å². The number of carbonyl (C=O) groups excluding carboxylic acids is 2. The molecule has 1 fully saturated rings. The van der Waals surface area contributed by atoms with Crippen LogP contribution in [0.15, 0.2) is 28.7 Å². The van der Waals surface area contributed by atoms with Gasteiger partial charge in [0.1, 0.15) is 0 Å². The molecule has 0 atom stereocenters. The summed E-state index contributed by atoms with van der Waals surface area (Å²) < 4.78 is 0.897. The van der Waals surface area contributed by atoms with Crippen molar-refractivity contribution in [3.63, 3.8) is 0 Å². The van der Waals surface area contributed by atoms with Gasteiger partial charge in [0.2, 0.25) is 0 Å². The Morgan fingerprint density at radius 1 is 1.09 bits per heavy atom. The summed E-state index contributed by atoms with van der Waals surface area (Å²) in [7, 11) is 0. The third-order valence-electron chi connectivity index (χ3n) is 3.94. The van der Waals surface area contributed by atoms with Gasteiger partial charge in [0.05, 0.1) is 0 Å². The Balaban J connectivity index is 1.94. The second-order valence-corrected chi connectivity index (χ2v) is 6.16. The molecule has 0 bridgehead atoms. The van der Waals surface area contributed by atoms with E-state index in [-0.39, 0.29) is 11.9 Å². The number of carbonyl (C=O) groups is 2. The second-order valence-electron chi connectivity index (χ2n) is 5.24. The third-order valence-corrected chi connectivity index (χ3v) is 4.44. The fourth-order valence-corrected chi connectivity index (χ4v) is 3.00. The van der Waals surface area contributed by atoms with Crippen molar-refractivity contribution in [2.24, 2.45) is 0 Å². The van der Waals surface area contributed by atoms with E-state index in [9.17, 15) is 9.59 Å². The Bertz CT molecular complexity index is 538. The maximum atomic E-state index is 12.5. The van der Waals surface area contributed by atoms with E-state index in [0.717, 1.165) is 4.47 Å². The number of hydrogen-bond donors (Lipinski definition) is 0. The molecule has 2 rings (SSSR count). The number of benzene rings is 1. The average molecular weight is 368 g/mol. The van der Waals surface area contributed by atoms with Crippen molar-refractivity contribution in [2.75, 3.05) is 39.3 Å². The molecule has 0 aliphatic carbocycles. The molecule has 0 N–H and O–H groups in total. The average Bonchev–Trinajstić information content (AvgIpc) is 2.55. The number of amides is 3. The van der Waals surface area contributed by atoms with E-state index < -0.39 is 0 Å². The van der Waals surface area contributed by atoms with Gasteiger partial charge in [0, 0.05) is 49.3 Å². The fourth-order valence-electron chi connectivity index (χ4n) is 2.60. The molecule has 0 unspecified atom stereocenters. The maximum absolute atomic E-state index is 12.5. The molecule has 5 nitrogen and oxygen atoms in total. The SMILES string of the molecule is CCN(CC)C(=O)N1CCN(C(=O)c2cccc(Br)c2)CC1. The van der Waals surface area contributed by atoms with Gasteiger partial charge < -0.3 is 14.7 Å². The zero-order valence-corrected chi connectivity index (χ0v) is 14.7. The molecule has 1 aliphatic rings. The Kier molecular flexibility index (Phi) is 5.83. The summed E-state index contributed by atoms with van der Waals surface area (Å²) in [6.45, 7) is 7.74. The van der Waals surface area contributed by atoms with E-state index in [1.807, 2.05) is 52.8 Å². The van der Waals surface area contributed by atoms with Crippen LogP contribution in [0, 0.1) is 0 Å². The molecule has 0 saturated carbocycles. The number of rotatable bonds is 3. The van der Waals surface area contributed by atoms with Crippen LogP contribution in [0.2, 0.25) is 0 Å². The normalized spacial score (nSPS) is 14.9. The van der Waals surface area contributed by atoms with Gasteiger partial charge in [-0.1, -0.05) is 22.0 Å². The summed E-state index contributed by atoms with van der Waals surface area (Å²) in [5.41, 5.74) is 0.679. The van der Waals surface area contributed by atoms with Gasteiger partial charge in [-0.15, -0.1) is 0 Å². The van der Waals surface area contributed by atoms with Crippen LogP contribution in [0.3, 0.4) is 0 Å². The molecule has 0 aromatic heterocycles. The highest BCUT2D eigenvalue weighted by molar-refractivity contribution is 9.10. The van der Waals surface area contributed by atoms with E-state index in [2.05, 4.69) is 15.9 Å². The molecule has 3 amide bonds. The van der Waals surface area contributed by atoms with E-state index >= 15 is 0 Å². The lowest BCUT2D eigenvalue weighted by Crippen LogP contribution is -2.54. The molecule has 1 heterocycles. The minimum absolute atomic E-state index is 0.0243. The topological polar surface area (TPSA) is 43.9 Å². The van der Waals surface area contributed by atoms with E-state index in [0.29, 0.717) is 44.8 Å². The molecule has 1 aromatic carbocycles. The lowest BCUT2D eigenvalue weighted by Gasteiger charge is -2.37. The minimum Gasteiger partial charge on any atom is -0.335 e. The smallest absolute Gasteiger partial charge is 0.320 e. The zero-order chi connectivity index (χ0) is 16.1. The number of piperazine rings is 1. The summed E-state index contributed by atoms with van der Waals surface area (Å²) in [5.74, 6) is 0.0243. The summed E-state index contributed by atoms with van der Waals surface area (Å²) in [5, 5.41) is 0. The highest BCUT2D eigenvalue weighted by Gasteiger charge is 2.26. The number of urea groups is 1. The van der Waals surface area contributed by atoms with E-state index in [4.69, 9.17) is 0 Å². The van der Waals surface area contributed by atoms with Gasteiger partial charge in [-0.2, -0.15) is 0 Å². The Hall–Kier alpha value is -1.56. The van der Waals surface area contributed by atoms with Crippen LogP contribution in [0.4, 0.5) is 4.79 Å². The fraction of sp³-hybridized carbons (Fsp3) is 0.500. The van der Waals surface area contributed by atoms with Crippen molar-refractivity contribution in [1.82, 2.24) is 14.7 Å². The quantitative estimate of drug-likeness (QED) is 0.824. The minimum atomic E-state index is 0.0243. The summed E-state index contributed by atoms with van der Waals surface area (Å²) in [4.78, 5) is 30.2. The predicted octanol–water partition coefficient (Wildman–Crippen LogP) is 2.67. The number of nitrogens with zero attached hydrogens (tertiary/aromatic N) is 3. The molecule has 1 aliphatic heterocycles. The molecule has 0 spiro atoms. The van der Waals surface area contributed by atoms with Crippen molar-refractivity contribution in [3.8, 4) is 0 Å². The van der Waals surface area contributed by atoms with E-state index in [1.165, 1.54) is 0 Å². The first-order chi connectivity index (χ1) is 10.6. The van der Waals surface area contributed by atoms with Crippen molar-refractivity contribution < 1.29 is 9.59 Å². The molecule has 22 heavy (non-hydrogen) atoms. The lowest BCUT2D eigenvalue weighted by molar-refractivity contribution is 0.0641. The van der Waals surface area contributed by atoms with Crippen LogP contribution in [0.1, 0.15) is 24.2 Å². The van der Waals surface area contributed by atoms with Crippen molar-refractivity contribution >= 4 is 27.9 Å². The summed E-state index contributed by atoms with van der Waals surface area (Å²) in [6, 6.07) is 7.48. The van der Waals surface area contributed by atoms with Crippen LogP contribution in [-0.2, 0) is 0 Å². The zero-order valence-electron chi connectivity index (χ0n) is 13.1.